The summed E-state index contributed by atoms with van der Waals surface area (Å²) in [6, 6.07) is 6.79. The number of benzene rings is 1. The molecule has 0 radical (unpaired) electrons. The molecule has 1 heterocycles. The topological polar surface area (TPSA) is 57.6 Å². The van der Waals surface area contributed by atoms with Crippen molar-refractivity contribution >= 4 is 10.0 Å². The van der Waals surface area contributed by atoms with E-state index < -0.39 is 16.1 Å². The van der Waals surface area contributed by atoms with Crippen LogP contribution < -0.4 is 0 Å². The van der Waals surface area contributed by atoms with E-state index >= 15 is 0 Å². The van der Waals surface area contributed by atoms with Crippen LogP contribution in [0.4, 0.5) is 0 Å². The van der Waals surface area contributed by atoms with Crippen molar-refractivity contribution in [2.75, 3.05) is 13.1 Å². The van der Waals surface area contributed by atoms with E-state index in [1.165, 1.54) is 4.31 Å². The molecule has 104 valence electrons. The molecule has 0 saturated carbocycles. The van der Waals surface area contributed by atoms with Crippen molar-refractivity contribution in [2.24, 2.45) is 0 Å². The van der Waals surface area contributed by atoms with Gasteiger partial charge in [-0.15, -0.1) is 0 Å². The third kappa shape index (κ3) is 3.05. The maximum absolute atomic E-state index is 12.5. The SMILES string of the molecule is CCC1=CC(O)CN(S(=O)(=O)c2ccc(C)cc2)C1. The van der Waals surface area contributed by atoms with Gasteiger partial charge in [-0.05, 0) is 25.5 Å². The van der Waals surface area contributed by atoms with Crippen LogP contribution in [0.2, 0.25) is 0 Å². The number of sulfonamides is 1. The Hall–Kier alpha value is -1.17. The average molecular weight is 281 g/mol. The first kappa shape index (κ1) is 14.2. The van der Waals surface area contributed by atoms with Crippen LogP contribution in [0.1, 0.15) is 18.9 Å². The predicted octanol–water partition coefficient (Wildman–Crippen LogP) is 1.70. The summed E-state index contributed by atoms with van der Waals surface area (Å²) in [5.41, 5.74) is 1.97. The van der Waals surface area contributed by atoms with E-state index in [4.69, 9.17) is 0 Å². The highest BCUT2D eigenvalue weighted by Gasteiger charge is 2.29. The summed E-state index contributed by atoms with van der Waals surface area (Å²) < 4.78 is 26.3. The molecule has 0 aromatic heterocycles. The Morgan fingerprint density at radius 1 is 1.32 bits per heavy atom. The van der Waals surface area contributed by atoms with Crippen LogP contribution in [-0.2, 0) is 10.0 Å². The van der Waals surface area contributed by atoms with Crippen LogP contribution in [0.5, 0.6) is 0 Å². The lowest BCUT2D eigenvalue weighted by Gasteiger charge is -2.29. The molecule has 0 bridgehead atoms. The van der Waals surface area contributed by atoms with Gasteiger partial charge in [0.2, 0.25) is 10.0 Å². The van der Waals surface area contributed by atoms with E-state index in [1.54, 1.807) is 30.3 Å². The molecule has 0 fully saturated rings. The summed E-state index contributed by atoms with van der Waals surface area (Å²) >= 11 is 0. The normalized spacial score (nSPS) is 21.2. The maximum Gasteiger partial charge on any atom is 0.243 e. The van der Waals surface area contributed by atoms with E-state index in [2.05, 4.69) is 0 Å². The van der Waals surface area contributed by atoms with Crippen molar-refractivity contribution in [3.05, 3.63) is 41.5 Å². The van der Waals surface area contributed by atoms with E-state index in [1.807, 2.05) is 13.8 Å². The monoisotopic (exact) mass is 281 g/mol. The molecule has 0 spiro atoms. The second-order valence-electron chi connectivity index (χ2n) is 4.86. The maximum atomic E-state index is 12.5. The van der Waals surface area contributed by atoms with Crippen molar-refractivity contribution in [3.8, 4) is 0 Å². The number of hydrogen-bond donors (Lipinski definition) is 1. The standard InChI is InChI=1S/C14H19NO3S/c1-3-12-8-13(16)10-15(9-12)19(17,18)14-6-4-11(2)5-7-14/h4-8,13,16H,3,9-10H2,1-2H3. The summed E-state index contributed by atoms with van der Waals surface area (Å²) in [7, 11) is -3.52. The van der Waals surface area contributed by atoms with Gasteiger partial charge < -0.3 is 5.11 Å². The van der Waals surface area contributed by atoms with E-state index in [9.17, 15) is 13.5 Å². The smallest absolute Gasteiger partial charge is 0.243 e. The number of rotatable bonds is 3. The first-order chi connectivity index (χ1) is 8.93. The second kappa shape index (κ2) is 5.45. The lowest BCUT2D eigenvalue weighted by molar-refractivity contribution is 0.180. The van der Waals surface area contributed by atoms with Gasteiger partial charge in [0.15, 0.2) is 0 Å². The van der Waals surface area contributed by atoms with Crippen molar-refractivity contribution in [1.82, 2.24) is 4.31 Å². The molecule has 1 N–H and O–H groups in total. The zero-order chi connectivity index (χ0) is 14.0. The molecule has 4 nitrogen and oxygen atoms in total. The van der Waals surface area contributed by atoms with Crippen molar-refractivity contribution in [2.45, 2.75) is 31.3 Å². The van der Waals surface area contributed by atoms with Gasteiger partial charge in [-0.2, -0.15) is 4.31 Å². The number of β-amino-alcohol motifs (C(OH)–C–C–N with tert-alkyl or cyclic N) is 1. The Morgan fingerprint density at radius 3 is 2.53 bits per heavy atom. The van der Waals surface area contributed by atoms with Crippen molar-refractivity contribution in [3.63, 3.8) is 0 Å². The molecular formula is C14H19NO3S. The largest absolute Gasteiger partial charge is 0.388 e. The molecule has 1 aromatic rings. The van der Waals surface area contributed by atoms with Crippen LogP contribution in [0, 0.1) is 6.92 Å². The average Bonchev–Trinajstić information content (AvgIpc) is 2.38. The van der Waals surface area contributed by atoms with E-state index in [0.717, 1.165) is 17.6 Å². The third-order valence-electron chi connectivity index (χ3n) is 3.31. The van der Waals surface area contributed by atoms with Gasteiger partial charge >= 0.3 is 0 Å². The zero-order valence-electron chi connectivity index (χ0n) is 11.2. The van der Waals surface area contributed by atoms with Gasteiger partial charge in [0.1, 0.15) is 0 Å². The summed E-state index contributed by atoms with van der Waals surface area (Å²) in [6.45, 7) is 4.36. The molecule has 1 unspecified atom stereocenters. The van der Waals surface area contributed by atoms with Crippen LogP contribution >= 0.6 is 0 Å². The minimum atomic E-state index is -3.52. The lowest BCUT2D eigenvalue weighted by atomic mass is 10.1. The van der Waals surface area contributed by atoms with Crippen LogP contribution in [0.15, 0.2) is 40.8 Å². The van der Waals surface area contributed by atoms with Gasteiger partial charge in [0, 0.05) is 13.1 Å². The first-order valence-electron chi connectivity index (χ1n) is 6.38. The number of aliphatic hydroxyl groups is 1. The molecule has 5 heteroatoms. The van der Waals surface area contributed by atoms with Crippen LogP contribution in [0.3, 0.4) is 0 Å². The second-order valence-corrected chi connectivity index (χ2v) is 6.79. The summed E-state index contributed by atoms with van der Waals surface area (Å²) in [6.07, 6.45) is 1.78. The van der Waals surface area contributed by atoms with E-state index in [0.29, 0.717) is 6.54 Å². The molecule has 19 heavy (non-hydrogen) atoms. The quantitative estimate of drug-likeness (QED) is 0.858. The highest BCUT2D eigenvalue weighted by Crippen LogP contribution is 2.22. The molecular weight excluding hydrogens is 262 g/mol. The number of aryl methyl sites for hydroxylation is 1. The van der Waals surface area contributed by atoms with Crippen molar-refractivity contribution in [1.29, 1.82) is 0 Å². The van der Waals surface area contributed by atoms with Gasteiger partial charge in [-0.3, -0.25) is 0 Å². The number of nitrogens with zero attached hydrogens (tertiary/aromatic N) is 1. The summed E-state index contributed by atoms with van der Waals surface area (Å²) in [5, 5.41) is 9.75. The van der Waals surface area contributed by atoms with Crippen molar-refractivity contribution < 1.29 is 13.5 Å². The molecule has 0 saturated heterocycles. The zero-order valence-corrected chi connectivity index (χ0v) is 12.0. The highest BCUT2D eigenvalue weighted by atomic mass is 32.2. The molecule has 2 rings (SSSR count). The number of aliphatic hydroxyl groups excluding tert-OH is 1. The Balaban J connectivity index is 2.30. The fourth-order valence-corrected chi connectivity index (χ4v) is 3.61. The summed E-state index contributed by atoms with van der Waals surface area (Å²) in [5.74, 6) is 0. The molecule has 1 atom stereocenters. The fraction of sp³-hybridized carbons (Fsp3) is 0.429. The molecule has 1 aliphatic rings. The van der Waals surface area contributed by atoms with E-state index in [-0.39, 0.29) is 11.4 Å². The molecule has 0 amide bonds. The van der Waals surface area contributed by atoms with Gasteiger partial charge in [-0.1, -0.05) is 36.3 Å². The van der Waals surface area contributed by atoms with Gasteiger partial charge in [-0.25, -0.2) is 8.42 Å². The molecule has 1 aromatic carbocycles. The Morgan fingerprint density at radius 2 is 1.95 bits per heavy atom. The number of hydrogen-bond acceptors (Lipinski definition) is 3. The predicted molar refractivity (Wildman–Crippen MR) is 74.3 cm³/mol. The Labute approximate surface area is 114 Å². The summed E-state index contributed by atoms with van der Waals surface area (Å²) in [4.78, 5) is 0.280. The van der Waals surface area contributed by atoms with Crippen LogP contribution in [-0.4, -0.2) is 37.0 Å². The minimum absolute atomic E-state index is 0.125. The van der Waals surface area contributed by atoms with Gasteiger partial charge in [0.25, 0.3) is 0 Å². The molecule has 0 aliphatic carbocycles. The third-order valence-corrected chi connectivity index (χ3v) is 5.14. The molecule has 1 aliphatic heterocycles. The minimum Gasteiger partial charge on any atom is -0.388 e. The van der Waals surface area contributed by atoms with Crippen LogP contribution in [0.25, 0.3) is 0 Å². The Kier molecular flexibility index (Phi) is 4.08. The lowest BCUT2D eigenvalue weighted by Crippen LogP contribution is -2.41. The Bertz CT molecular complexity index is 575. The highest BCUT2D eigenvalue weighted by molar-refractivity contribution is 7.89. The first-order valence-corrected chi connectivity index (χ1v) is 7.82. The van der Waals surface area contributed by atoms with Gasteiger partial charge in [0.05, 0.1) is 11.0 Å². The fourth-order valence-electron chi connectivity index (χ4n) is 2.15.